The first-order chi connectivity index (χ1) is 17.8. The summed E-state index contributed by atoms with van der Waals surface area (Å²) < 4.78 is 38.2. The maximum atomic E-state index is 13.2. The molecule has 0 N–H and O–H groups in total. The van der Waals surface area contributed by atoms with Crippen molar-refractivity contribution in [3.8, 4) is 11.8 Å². The number of ether oxygens (including phenoxy) is 2. The van der Waals surface area contributed by atoms with Gasteiger partial charge >= 0.3 is 11.9 Å². The largest absolute Gasteiger partial charge is 0.469 e. The molecule has 1 aromatic carbocycles. The van der Waals surface area contributed by atoms with E-state index in [1.165, 1.54) is 17.3 Å². The average molecular weight is 522 g/mol. The predicted octanol–water partition coefficient (Wildman–Crippen LogP) is 4.62. The van der Waals surface area contributed by atoms with E-state index < -0.39 is 16.1 Å². The second kappa shape index (κ2) is 11.7. The van der Waals surface area contributed by atoms with E-state index in [1.54, 1.807) is 30.5 Å². The molecule has 0 spiro atoms. The number of fused-ring (bicyclic) bond motifs is 2. The molecule has 2 aromatic rings. The van der Waals surface area contributed by atoms with Crippen LogP contribution in [0.5, 0.6) is 0 Å². The summed E-state index contributed by atoms with van der Waals surface area (Å²) in [4.78, 5) is 24.1. The third-order valence-electron chi connectivity index (χ3n) is 6.55. The summed E-state index contributed by atoms with van der Waals surface area (Å²) in [7, 11) is -2.40. The number of methoxy groups -OCH3 is 1. The molecule has 1 unspecified atom stereocenters. The monoisotopic (exact) mass is 521 g/mol. The lowest BCUT2D eigenvalue weighted by Gasteiger charge is -2.21. The summed E-state index contributed by atoms with van der Waals surface area (Å²) in [6.07, 6.45) is 11.4. The Morgan fingerprint density at radius 3 is 2.38 bits per heavy atom. The van der Waals surface area contributed by atoms with Gasteiger partial charge in [-0.15, -0.1) is 0 Å². The molecular weight excluding hydrogens is 490 g/mol. The number of hydrogen-bond acceptors (Lipinski definition) is 6. The van der Waals surface area contributed by atoms with E-state index in [0.717, 1.165) is 48.0 Å². The van der Waals surface area contributed by atoms with Gasteiger partial charge in [-0.1, -0.05) is 54.5 Å². The zero-order chi connectivity index (χ0) is 26.4. The van der Waals surface area contributed by atoms with Crippen LogP contribution in [0, 0.1) is 18.8 Å². The van der Waals surface area contributed by atoms with Crippen molar-refractivity contribution in [3.63, 3.8) is 0 Å². The second-order valence-corrected chi connectivity index (χ2v) is 11.1. The van der Waals surface area contributed by atoms with Crippen LogP contribution < -0.4 is 0 Å². The molecule has 0 aliphatic heterocycles. The van der Waals surface area contributed by atoms with Gasteiger partial charge in [0.2, 0.25) is 0 Å². The molecule has 2 aliphatic carbocycles. The van der Waals surface area contributed by atoms with Crippen LogP contribution in [0.4, 0.5) is 0 Å². The molecule has 7 nitrogen and oxygen atoms in total. The zero-order valence-corrected chi connectivity index (χ0v) is 22.0. The molecule has 0 saturated carbocycles. The summed E-state index contributed by atoms with van der Waals surface area (Å²) in [5.74, 6) is 5.73. The Kier molecular flexibility index (Phi) is 8.34. The molecule has 0 saturated heterocycles. The van der Waals surface area contributed by atoms with Gasteiger partial charge in [0.05, 0.1) is 12.0 Å². The molecule has 1 aromatic heterocycles. The number of carbonyl (C=O) groups is 2. The highest BCUT2D eigenvalue weighted by Gasteiger charge is 2.28. The van der Waals surface area contributed by atoms with Crippen LogP contribution in [0.3, 0.4) is 0 Å². The van der Waals surface area contributed by atoms with Crippen molar-refractivity contribution in [2.75, 3.05) is 7.11 Å². The lowest BCUT2D eigenvalue weighted by atomic mass is 9.94. The van der Waals surface area contributed by atoms with Crippen molar-refractivity contribution in [2.45, 2.75) is 69.3 Å². The summed E-state index contributed by atoms with van der Waals surface area (Å²) in [5.41, 5.74) is 3.99. The molecule has 1 atom stereocenters. The van der Waals surface area contributed by atoms with Gasteiger partial charge in [0.25, 0.3) is 10.0 Å². The van der Waals surface area contributed by atoms with Crippen molar-refractivity contribution in [2.24, 2.45) is 0 Å². The summed E-state index contributed by atoms with van der Waals surface area (Å²) in [6, 6.07) is 6.71. The zero-order valence-electron chi connectivity index (χ0n) is 21.2. The number of aryl methyl sites for hydroxylation is 1. The fourth-order valence-electron chi connectivity index (χ4n) is 4.44. The normalized spacial score (nSPS) is 16.2. The van der Waals surface area contributed by atoms with E-state index in [4.69, 9.17) is 4.74 Å². The van der Waals surface area contributed by atoms with Gasteiger partial charge in [0, 0.05) is 48.4 Å². The van der Waals surface area contributed by atoms with Gasteiger partial charge in [-0.05, 0) is 43.9 Å². The maximum Gasteiger partial charge on any atom is 0.306 e. The summed E-state index contributed by atoms with van der Waals surface area (Å²) >= 11 is 0. The first-order valence-corrected chi connectivity index (χ1v) is 13.9. The number of aromatic nitrogens is 1. The summed E-state index contributed by atoms with van der Waals surface area (Å²) in [6.45, 7) is 1.90. The van der Waals surface area contributed by atoms with Crippen molar-refractivity contribution < 1.29 is 27.5 Å². The van der Waals surface area contributed by atoms with Gasteiger partial charge in [0.15, 0.2) is 0 Å². The van der Waals surface area contributed by atoms with Crippen LogP contribution in [0.1, 0.15) is 61.6 Å². The Morgan fingerprint density at radius 2 is 1.68 bits per heavy atom. The van der Waals surface area contributed by atoms with Gasteiger partial charge in [-0.25, -0.2) is 12.4 Å². The van der Waals surface area contributed by atoms with E-state index in [0.29, 0.717) is 24.8 Å². The average Bonchev–Trinajstić information content (AvgIpc) is 3.50. The lowest BCUT2D eigenvalue weighted by molar-refractivity contribution is -0.147. The topological polar surface area (TPSA) is 91.7 Å². The number of allylic oxidation sites excluding steroid dienone is 2. The van der Waals surface area contributed by atoms with Crippen molar-refractivity contribution in [1.29, 1.82) is 0 Å². The van der Waals surface area contributed by atoms with Gasteiger partial charge in [-0.2, -0.15) is 0 Å². The minimum Gasteiger partial charge on any atom is -0.469 e. The van der Waals surface area contributed by atoms with Crippen LogP contribution in [0.2, 0.25) is 0 Å². The van der Waals surface area contributed by atoms with Crippen LogP contribution >= 0.6 is 0 Å². The SMILES string of the molecule is COC(=O)CCCCCCC(=O)OC1Cc2cn(S(=O)(=O)c3ccc(C)cc3)cc2C#CC2=CCC=C21. The highest BCUT2D eigenvalue weighted by Crippen LogP contribution is 2.30. The Morgan fingerprint density at radius 1 is 0.973 bits per heavy atom. The van der Waals surface area contributed by atoms with E-state index in [-0.39, 0.29) is 23.3 Å². The van der Waals surface area contributed by atoms with Crippen LogP contribution in [0.15, 0.2) is 64.9 Å². The molecule has 0 fully saturated rings. The molecule has 8 heteroatoms. The molecular formula is C29H31NO6S. The molecule has 2 aliphatic rings. The number of nitrogens with zero attached hydrogens (tertiary/aromatic N) is 1. The number of rotatable bonds is 10. The van der Waals surface area contributed by atoms with E-state index >= 15 is 0 Å². The van der Waals surface area contributed by atoms with Gasteiger partial charge in [0.1, 0.15) is 6.10 Å². The Balaban J connectivity index is 1.46. The molecule has 0 radical (unpaired) electrons. The van der Waals surface area contributed by atoms with E-state index in [1.807, 2.05) is 19.1 Å². The molecule has 1 heterocycles. The van der Waals surface area contributed by atoms with Crippen LogP contribution in [0.25, 0.3) is 0 Å². The second-order valence-electron chi connectivity index (χ2n) is 9.28. The van der Waals surface area contributed by atoms with E-state index in [9.17, 15) is 18.0 Å². The fourth-order valence-corrected chi connectivity index (χ4v) is 5.67. The fraction of sp³-hybridized carbons (Fsp3) is 0.379. The number of carbonyl (C=O) groups excluding carboxylic acids is 2. The van der Waals surface area contributed by atoms with Crippen molar-refractivity contribution >= 4 is 22.0 Å². The predicted molar refractivity (Wildman–Crippen MR) is 139 cm³/mol. The first-order valence-electron chi connectivity index (χ1n) is 12.5. The van der Waals surface area contributed by atoms with Crippen molar-refractivity contribution in [1.82, 2.24) is 3.97 Å². The number of hydrogen-bond donors (Lipinski definition) is 0. The van der Waals surface area contributed by atoms with Crippen LogP contribution in [-0.2, 0) is 35.5 Å². The molecule has 0 bridgehead atoms. The Hall–Kier alpha value is -3.57. The lowest BCUT2D eigenvalue weighted by Crippen LogP contribution is -2.24. The van der Waals surface area contributed by atoms with Gasteiger partial charge < -0.3 is 9.47 Å². The Bertz CT molecular complexity index is 1400. The number of benzene rings is 1. The number of esters is 2. The molecule has 37 heavy (non-hydrogen) atoms. The minimum atomic E-state index is -3.78. The summed E-state index contributed by atoms with van der Waals surface area (Å²) in [5, 5.41) is 0. The molecule has 194 valence electrons. The third kappa shape index (κ3) is 6.41. The standard InChI is InChI=1S/C29H31NO6S/c1-21-12-16-25(17-13-21)37(33,34)30-19-23-15-14-22-8-7-9-26(22)27(18-24(23)20-30)36-29(32)11-6-4-3-5-10-28(31)35-2/h8-9,12-13,16-17,19-20,27H,3-7,10-11,18H2,1-2H3. The third-order valence-corrected chi connectivity index (χ3v) is 8.18. The number of unbranched alkanes of at least 4 members (excludes halogenated alkanes) is 3. The maximum absolute atomic E-state index is 13.2. The Labute approximate surface area is 218 Å². The van der Waals surface area contributed by atoms with Gasteiger partial charge in [-0.3, -0.25) is 9.59 Å². The van der Waals surface area contributed by atoms with Crippen molar-refractivity contribution in [3.05, 3.63) is 76.6 Å². The highest BCUT2D eigenvalue weighted by molar-refractivity contribution is 7.90. The smallest absolute Gasteiger partial charge is 0.306 e. The molecule has 4 rings (SSSR count). The van der Waals surface area contributed by atoms with E-state index in [2.05, 4.69) is 16.6 Å². The highest BCUT2D eigenvalue weighted by atomic mass is 32.2. The first kappa shape index (κ1) is 26.5. The van der Waals surface area contributed by atoms with Crippen LogP contribution in [-0.4, -0.2) is 37.5 Å². The minimum absolute atomic E-state index is 0.200. The quantitative estimate of drug-likeness (QED) is 0.257. The molecule has 0 amide bonds.